The zero-order chi connectivity index (χ0) is 27.5. The first-order valence-corrected chi connectivity index (χ1v) is 14.3. The SMILES string of the molecule is CCCCOC(=O)N1CCCO[C@H](C(=O)N[C@H](C#N)Cc2ccc(-c3cccc(OS(C)(=O)=O)c3)cc2)C1. The summed E-state index contributed by atoms with van der Waals surface area (Å²) in [7, 11) is -3.63. The van der Waals surface area contributed by atoms with Crippen molar-refractivity contribution < 1.29 is 31.7 Å². The number of nitrogens with zero attached hydrogens (tertiary/aromatic N) is 2. The van der Waals surface area contributed by atoms with Gasteiger partial charge in [-0.05, 0) is 41.7 Å². The zero-order valence-electron chi connectivity index (χ0n) is 21.6. The lowest BCUT2D eigenvalue weighted by atomic mass is 10.0. The minimum atomic E-state index is -3.63. The molecule has 1 saturated heterocycles. The molecular formula is C27H33N3O7S. The maximum atomic E-state index is 12.9. The van der Waals surface area contributed by atoms with Gasteiger partial charge in [0.25, 0.3) is 5.91 Å². The Morgan fingerprint density at radius 3 is 2.66 bits per heavy atom. The van der Waals surface area contributed by atoms with E-state index in [1.54, 1.807) is 18.2 Å². The third kappa shape index (κ3) is 9.04. The van der Waals surface area contributed by atoms with Crippen LogP contribution in [-0.4, -0.2) is 70.0 Å². The minimum Gasteiger partial charge on any atom is -0.449 e. The van der Waals surface area contributed by atoms with Crippen molar-refractivity contribution in [1.82, 2.24) is 10.2 Å². The maximum absolute atomic E-state index is 12.9. The van der Waals surface area contributed by atoms with Crippen LogP contribution in [0.4, 0.5) is 4.79 Å². The molecule has 2 atom stereocenters. The molecule has 1 heterocycles. The van der Waals surface area contributed by atoms with E-state index >= 15 is 0 Å². The molecule has 0 aliphatic carbocycles. The molecule has 1 aliphatic heterocycles. The Labute approximate surface area is 223 Å². The fourth-order valence-electron chi connectivity index (χ4n) is 3.91. The number of benzene rings is 2. The van der Waals surface area contributed by atoms with Crippen LogP contribution in [0.2, 0.25) is 0 Å². The molecule has 0 radical (unpaired) electrons. The van der Waals surface area contributed by atoms with Crippen molar-refractivity contribution in [3.05, 3.63) is 54.1 Å². The summed E-state index contributed by atoms with van der Waals surface area (Å²) in [5.74, 6) is -0.237. The van der Waals surface area contributed by atoms with Crippen LogP contribution < -0.4 is 9.50 Å². The summed E-state index contributed by atoms with van der Waals surface area (Å²) in [4.78, 5) is 26.7. The third-order valence-electron chi connectivity index (χ3n) is 5.83. The summed E-state index contributed by atoms with van der Waals surface area (Å²) >= 11 is 0. The first-order valence-electron chi connectivity index (χ1n) is 12.5. The molecule has 3 rings (SSSR count). The molecule has 2 amide bonds. The van der Waals surface area contributed by atoms with E-state index in [0.717, 1.165) is 35.8 Å². The van der Waals surface area contributed by atoms with Gasteiger partial charge in [-0.3, -0.25) is 4.79 Å². The summed E-state index contributed by atoms with van der Waals surface area (Å²) in [6.45, 7) is 3.16. The number of nitriles is 1. The number of hydrogen-bond donors (Lipinski definition) is 1. The molecule has 2 aromatic rings. The lowest BCUT2D eigenvalue weighted by Gasteiger charge is -2.23. The molecule has 11 heteroatoms. The van der Waals surface area contributed by atoms with Gasteiger partial charge in [-0.1, -0.05) is 49.7 Å². The molecule has 0 saturated carbocycles. The molecule has 1 fully saturated rings. The van der Waals surface area contributed by atoms with Gasteiger partial charge in [-0.25, -0.2) is 4.79 Å². The molecule has 2 aromatic carbocycles. The van der Waals surface area contributed by atoms with Gasteiger partial charge >= 0.3 is 16.2 Å². The van der Waals surface area contributed by atoms with Gasteiger partial charge in [0, 0.05) is 19.6 Å². The topological polar surface area (TPSA) is 135 Å². The zero-order valence-corrected chi connectivity index (χ0v) is 22.4. The number of carbonyl (C=O) groups is 2. The molecule has 38 heavy (non-hydrogen) atoms. The Morgan fingerprint density at radius 1 is 1.21 bits per heavy atom. The van der Waals surface area contributed by atoms with Crippen molar-refractivity contribution in [2.24, 2.45) is 0 Å². The van der Waals surface area contributed by atoms with Crippen molar-refractivity contribution in [3.8, 4) is 22.9 Å². The highest BCUT2D eigenvalue weighted by Crippen LogP contribution is 2.25. The van der Waals surface area contributed by atoms with Crippen molar-refractivity contribution in [2.75, 3.05) is 32.6 Å². The Morgan fingerprint density at radius 2 is 1.97 bits per heavy atom. The first kappa shape index (κ1) is 28.9. The number of hydrogen-bond acceptors (Lipinski definition) is 8. The van der Waals surface area contributed by atoms with Gasteiger partial charge < -0.3 is 23.9 Å². The largest absolute Gasteiger partial charge is 0.449 e. The average molecular weight is 544 g/mol. The number of unbranched alkanes of at least 4 members (excludes halogenated alkanes) is 1. The van der Waals surface area contributed by atoms with Crippen LogP contribution in [0.15, 0.2) is 48.5 Å². The molecule has 1 aliphatic rings. The van der Waals surface area contributed by atoms with E-state index in [9.17, 15) is 23.3 Å². The van der Waals surface area contributed by atoms with Crippen LogP contribution in [0.3, 0.4) is 0 Å². The van der Waals surface area contributed by atoms with Gasteiger partial charge in [0.15, 0.2) is 6.10 Å². The highest BCUT2D eigenvalue weighted by atomic mass is 32.2. The van der Waals surface area contributed by atoms with Crippen LogP contribution in [0.25, 0.3) is 11.1 Å². The van der Waals surface area contributed by atoms with Crippen LogP contribution in [0, 0.1) is 11.3 Å². The number of nitrogens with one attached hydrogen (secondary N) is 1. The Bertz CT molecular complexity index is 1240. The first-order chi connectivity index (χ1) is 18.2. The molecule has 0 unspecified atom stereocenters. The van der Waals surface area contributed by atoms with Gasteiger partial charge in [0.1, 0.15) is 11.8 Å². The summed E-state index contributed by atoms with van der Waals surface area (Å²) in [5.41, 5.74) is 2.43. The highest BCUT2D eigenvalue weighted by molar-refractivity contribution is 7.86. The smallest absolute Gasteiger partial charge is 0.409 e. The molecule has 0 bridgehead atoms. The number of amides is 2. The monoisotopic (exact) mass is 543 g/mol. The summed E-state index contributed by atoms with van der Waals surface area (Å²) in [6, 6.07) is 15.4. The van der Waals surface area contributed by atoms with Crippen molar-refractivity contribution >= 4 is 22.1 Å². The second-order valence-electron chi connectivity index (χ2n) is 9.03. The summed E-state index contributed by atoms with van der Waals surface area (Å²) < 4.78 is 38.7. The summed E-state index contributed by atoms with van der Waals surface area (Å²) in [6.07, 6.45) is 2.17. The van der Waals surface area contributed by atoms with Crippen molar-refractivity contribution in [3.63, 3.8) is 0 Å². The molecular weight excluding hydrogens is 510 g/mol. The summed E-state index contributed by atoms with van der Waals surface area (Å²) in [5, 5.41) is 12.4. The second-order valence-corrected chi connectivity index (χ2v) is 10.6. The highest BCUT2D eigenvalue weighted by Gasteiger charge is 2.29. The quantitative estimate of drug-likeness (QED) is 0.356. The maximum Gasteiger partial charge on any atom is 0.409 e. The van der Waals surface area contributed by atoms with E-state index in [0.29, 0.717) is 26.2 Å². The fraction of sp³-hybridized carbons (Fsp3) is 0.444. The molecule has 0 spiro atoms. The Balaban J connectivity index is 1.59. The molecule has 204 valence electrons. The van der Waals surface area contributed by atoms with E-state index < -0.39 is 34.3 Å². The van der Waals surface area contributed by atoms with Crippen LogP contribution >= 0.6 is 0 Å². The van der Waals surface area contributed by atoms with E-state index in [1.807, 2.05) is 37.3 Å². The third-order valence-corrected chi connectivity index (χ3v) is 6.33. The Kier molecular flexibility index (Phi) is 10.5. The lowest BCUT2D eigenvalue weighted by Crippen LogP contribution is -2.48. The molecule has 0 aromatic heterocycles. The van der Waals surface area contributed by atoms with Crippen LogP contribution in [-0.2, 0) is 30.8 Å². The van der Waals surface area contributed by atoms with Gasteiger partial charge in [-0.2, -0.15) is 13.7 Å². The minimum absolute atomic E-state index is 0.0613. The van der Waals surface area contributed by atoms with E-state index in [1.165, 1.54) is 4.90 Å². The van der Waals surface area contributed by atoms with Gasteiger partial charge in [0.05, 0.1) is 25.5 Å². The van der Waals surface area contributed by atoms with Crippen LogP contribution in [0.5, 0.6) is 5.75 Å². The van der Waals surface area contributed by atoms with Gasteiger partial charge in [-0.15, -0.1) is 0 Å². The van der Waals surface area contributed by atoms with Gasteiger partial charge in [0.2, 0.25) is 0 Å². The predicted molar refractivity (Wildman–Crippen MR) is 141 cm³/mol. The second kappa shape index (κ2) is 13.8. The van der Waals surface area contributed by atoms with E-state index in [-0.39, 0.29) is 18.7 Å². The van der Waals surface area contributed by atoms with Crippen molar-refractivity contribution in [2.45, 2.75) is 44.8 Å². The van der Waals surface area contributed by atoms with E-state index in [2.05, 4.69) is 11.4 Å². The van der Waals surface area contributed by atoms with Crippen molar-refractivity contribution in [1.29, 1.82) is 5.26 Å². The number of carbonyl (C=O) groups excluding carboxylic acids is 2. The molecule has 1 N–H and O–H groups in total. The number of rotatable bonds is 10. The number of ether oxygens (including phenoxy) is 2. The Hall–Kier alpha value is -3.62. The average Bonchev–Trinajstić information content (AvgIpc) is 3.15. The lowest BCUT2D eigenvalue weighted by molar-refractivity contribution is -0.133. The predicted octanol–water partition coefficient (Wildman–Crippen LogP) is 3.27. The van der Waals surface area contributed by atoms with E-state index in [4.69, 9.17) is 13.7 Å². The standard InChI is InChI=1S/C27H33N3O7S/c1-3-4-14-36-27(32)30-13-6-15-35-25(19-30)26(31)29-23(18-28)16-20-9-11-21(12-10-20)22-7-5-8-24(17-22)37-38(2,33)34/h5,7-12,17,23,25H,3-4,6,13-16,19H2,1-2H3,(H,29,31)/t23-,25-/m0/s1. The van der Waals surface area contributed by atoms with Crippen LogP contribution in [0.1, 0.15) is 31.7 Å². The molecule has 10 nitrogen and oxygen atoms in total. The normalized spacial score (nSPS) is 16.6. The fourth-order valence-corrected chi connectivity index (χ4v) is 4.36.